The highest BCUT2D eigenvalue weighted by molar-refractivity contribution is 5.95. The number of aromatic nitrogens is 1. The minimum atomic E-state index is -0.812. The van der Waals surface area contributed by atoms with Crippen LogP contribution in [0.4, 0.5) is 0 Å². The quantitative estimate of drug-likeness (QED) is 0.752. The summed E-state index contributed by atoms with van der Waals surface area (Å²) in [5.41, 5.74) is 7.35. The van der Waals surface area contributed by atoms with Crippen LogP contribution >= 0.6 is 0 Å². The molecule has 0 aliphatic heterocycles. The molecule has 1 aromatic heterocycles. The third kappa shape index (κ3) is 2.39. The fourth-order valence-corrected chi connectivity index (χ4v) is 3.08. The van der Waals surface area contributed by atoms with Crippen molar-refractivity contribution in [3.05, 3.63) is 58.7 Å². The lowest BCUT2D eigenvalue weighted by molar-refractivity contribution is -0.136. The first-order valence-corrected chi connectivity index (χ1v) is 7.37. The summed E-state index contributed by atoms with van der Waals surface area (Å²) in [6.45, 7) is 6.16. The van der Waals surface area contributed by atoms with Crippen LogP contribution in [0, 0.1) is 20.8 Å². The number of rotatable bonds is 3. The molecule has 3 nitrogen and oxygen atoms in total. The van der Waals surface area contributed by atoms with Gasteiger partial charge >= 0.3 is 5.97 Å². The summed E-state index contributed by atoms with van der Waals surface area (Å²) in [6.07, 6.45) is 0.0199. The minimum absolute atomic E-state index is 0.0199. The highest BCUT2D eigenvalue weighted by Crippen LogP contribution is 2.34. The predicted molar refractivity (Wildman–Crippen MR) is 89.3 cm³/mol. The Morgan fingerprint density at radius 1 is 1.09 bits per heavy atom. The van der Waals surface area contributed by atoms with Gasteiger partial charge in [-0.1, -0.05) is 42.0 Å². The molecular weight excluding hydrogens is 274 g/mol. The molecule has 2 N–H and O–H groups in total. The van der Waals surface area contributed by atoms with Gasteiger partial charge in [0.25, 0.3) is 0 Å². The molecule has 0 saturated heterocycles. The van der Waals surface area contributed by atoms with Crippen molar-refractivity contribution < 1.29 is 9.90 Å². The van der Waals surface area contributed by atoms with Crippen molar-refractivity contribution in [3.63, 3.8) is 0 Å². The molecule has 0 bridgehead atoms. The Labute approximate surface area is 129 Å². The van der Waals surface area contributed by atoms with Crippen LogP contribution in [0.2, 0.25) is 0 Å². The van der Waals surface area contributed by atoms with Gasteiger partial charge in [0.2, 0.25) is 0 Å². The van der Waals surface area contributed by atoms with Crippen LogP contribution in [-0.4, -0.2) is 16.1 Å². The maximum Gasteiger partial charge on any atom is 0.307 e. The average molecular weight is 293 g/mol. The molecule has 1 heterocycles. The van der Waals surface area contributed by atoms with Gasteiger partial charge in [0.05, 0.1) is 12.1 Å². The zero-order valence-corrected chi connectivity index (χ0v) is 13.0. The van der Waals surface area contributed by atoms with Crippen LogP contribution in [0.1, 0.15) is 22.3 Å². The Morgan fingerprint density at radius 3 is 2.55 bits per heavy atom. The number of carboxylic acid groups (broad SMARTS) is 1. The van der Waals surface area contributed by atoms with Crippen molar-refractivity contribution in [3.8, 4) is 11.3 Å². The molecule has 2 aromatic carbocycles. The second-order valence-electron chi connectivity index (χ2n) is 5.86. The maximum atomic E-state index is 11.3. The third-order valence-corrected chi connectivity index (χ3v) is 4.13. The zero-order chi connectivity index (χ0) is 15.9. The Hall–Kier alpha value is -2.55. The molecule has 0 saturated carbocycles. The highest BCUT2D eigenvalue weighted by Gasteiger charge is 2.17. The second-order valence-corrected chi connectivity index (χ2v) is 5.86. The van der Waals surface area contributed by atoms with Crippen LogP contribution in [-0.2, 0) is 11.2 Å². The predicted octanol–water partition coefficient (Wildman–Crippen LogP) is 4.39. The van der Waals surface area contributed by atoms with Crippen molar-refractivity contribution in [1.29, 1.82) is 0 Å². The molecule has 3 heteroatoms. The molecule has 0 spiro atoms. The Kier molecular flexibility index (Phi) is 3.49. The molecule has 0 unspecified atom stereocenters. The Morgan fingerprint density at radius 2 is 1.86 bits per heavy atom. The number of benzene rings is 2. The first-order valence-electron chi connectivity index (χ1n) is 7.37. The summed E-state index contributed by atoms with van der Waals surface area (Å²) in [5.74, 6) is -0.812. The van der Waals surface area contributed by atoms with Crippen LogP contribution in [0.25, 0.3) is 22.2 Å². The highest BCUT2D eigenvalue weighted by atomic mass is 16.4. The molecule has 0 aliphatic carbocycles. The van der Waals surface area contributed by atoms with E-state index >= 15 is 0 Å². The van der Waals surface area contributed by atoms with E-state index in [1.807, 2.05) is 25.1 Å². The van der Waals surface area contributed by atoms with Crippen molar-refractivity contribution in [2.75, 3.05) is 0 Å². The molecule has 0 radical (unpaired) electrons. The van der Waals surface area contributed by atoms with Gasteiger partial charge in [0, 0.05) is 16.5 Å². The monoisotopic (exact) mass is 293 g/mol. The summed E-state index contributed by atoms with van der Waals surface area (Å²) < 4.78 is 0. The summed E-state index contributed by atoms with van der Waals surface area (Å²) in [4.78, 5) is 14.8. The van der Waals surface area contributed by atoms with E-state index in [2.05, 4.69) is 37.0 Å². The number of para-hydroxylation sites is 1. The normalized spacial score (nSPS) is 11.0. The van der Waals surface area contributed by atoms with E-state index < -0.39 is 5.97 Å². The summed E-state index contributed by atoms with van der Waals surface area (Å²) in [5, 5.41) is 10.3. The Balaban J connectivity index is 2.32. The van der Waals surface area contributed by atoms with Gasteiger partial charge < -0.3 is 10.1 Å². The number of hydrogen-bond acceptors (Lipinski definition) is 1. The van der Waals surface area contributed by atoms with Gasteiger partial charge in [-0.25, -0.2) is 0 Å². The van der Waals surface area contributed by atoms with Crippen LogP contribution < -0.4 is 0 Å². The largest absolute Gasteiger partial charge is 0.481 e. The molecular formula is C19H19NO2. The van der Waals surface area contributed by atoms with Crippen molar-refractivity contribution in [2.45, 2.75) is 27.2 Å². The molecule has 0 atom stereocenters. The van der Waals surface area contributed by atoms with Gasteiger partial charge in [-0.15, -0.1) is 0 Å². The number of aromatic amines is 1. The maximum absolute atomic E-state index is 11.3. The third-order valence-electron chi connectivity index (χ3n) is 4.13. The Bertz CT molecular complexity index is 875. The van der Waals surface area contributed by atoms with Gasteiger partial charge in [-0.05, 0) is 37.5 Å². The van der Waals surface area contributed by atoms with E-state index in [1.54, 1.807) is 0 Å². The molecule has 0 fully saturated rings. The van der Waals surface area contributed by atoms with Crippen LogP contribution in [0.3, 0.4) is 0 Å². The molecule has 22 heavy (non-hydrogen) atoms. The number of carbonyl (C=O) groups is 1. The second kappa shape index (κ2) is 5.34. The molecule has 3 rings (SSSR count). The number of fused-ring (bicyclic) bond motifs is 1. The summed E-state index contributed by atoms with van der Waals surface area (Å²) in [6, 6.07) is 12.3. The van der Waals surface area contributed by atoms with E-state index in [4.69, 9.17) is 0 Å². The van der Waals surface area contributed by atoms with Crippen molar-refractivity contribution in [1.82, 2.24) is 4.98 Å². The van der Waals surface area contributed by atoms with Crippen LogP contribution in [0.15, 0.2) is 36.4 Å². The van der Waals surface area contributed by atoms with Gasteiger partial charge in [-0.2, -0.15) is 0 Å². The van der Waals surface area contributed by atoms with Gasteiger partial charge in [-0.3, -0.25) is 4.79 Å². The van der Waals surface area contributed by atoms with Crippen molar-refractivity contribution in [2.24, 2.45) is 0 Å². The lowest BCUT2D eigenvalue weighted by Crippen LogP contribution is -2.01. The average Bonchev–Trinajstić information content (AvgIpc) is 2.79. The summed E-state index contributed by atoms with van der Waals surface area (Å²) >= 11 is 0. The fraction of sp³-hybridized carbons (Fsp3) is 0.211. The molecule has 112 valence electrons. The number of hydrogen-bond donors (Lipinski definition) is 2. The summed E-state index contributed by atoms with van der Waals surface area (Å²) in [7, 11) is 0. The van der Waals surface area contributed by atoms with E-state index in [0.29, 0.717) is 0 Å². The molecule has 3 aromatic rings. The van der Waals surface area contributed by atoms with E-state index in [-0.39, 0.29) is 6.42 Å². The first-order chi connectivity index (χ1) is 10.5. The van der Waals surface area contributed by atoms with E-state index in [1.165, 1.54) is 5.56 Å². The van der Waals surface area contributed by atoms with Crippen LogP contribution in [0.5, 0.6) is 0 Å². The number of carboxylic acids is 1. The van der Waals surface area contributed by atoms with Gasteiger partial charge in [0.1, 0.15) is 0 Å². The lowest BCUT2D eigenvalue weighted by atomic mass is 9.98. The van der Waals surface area contributed by atoms with Crippen molar-refractivity contribution >= 4 is 16.9 Å². The SMILES string of the molecule is Cc1ccc(-c2[nH]c3c(C)cccc3c2CC(=O)O)c(C)c1. The zero-order valence-electron chi connectivity index (χ0n) is 13.0. The molecule has 0 aliphatic rings. The molecule has 0 amide bonds. The smallest absolute Gasteiger partial charge is 0.307 e. The standard InChI is InChI=1S/C19H19NO2/c1-11-7-8-14(13(3)9-11)19-16(10-17(21)22)15-6-4-5-12(2)18(15)20-19/h4-9,20H,10H2,1-3H3,(H,21,22). The topological polar surface area (TPSA) is 53.1 Å². The van der Waals surface area contributed by atoms with E-state index in [9.17, 15) is 9.90 Å². The fourth-order valence-electron chi connectivity index (χ4n) is 3.08. The number of aryl methyl sites for hydroxylation is 3. The number of nitrogens with one attached hydrogen (secondary N) is 1. The van der Waals surface area contributed by atoms with Gasteiger partial charge in [0.15, 0.2) is 0 Å². The van der Waals surface area contributed by atoms with E-state index in [0.717, 1.165) is 38.9 Å². The number of aliphatic carboxylic acids is 1. The first kappa shape index (κ1) is 14.4. The lowest BCUT2D eigenvalue weighted by Gasteiger charge is -2.08. The number of H-pyrrole nitrogens is 1. The minimum Gasteiger partial charge on any atom is -0.481 e.